The van der Waals surface area contributed by atoms with Crippen molar-refractivity contribution in [1.82, 2.24) is 5.32 Å². The van der Waals surface area contributed by atoms with Crippen LogP contribution < -0.4 is 5.32 Å². The second-order valence-corrected chi connectivity index (χ2v) is 5.44. The van der Waals surface area contributed by atoms with E-state index in [-0.39, 0.29) is 0 Å². The van der Waals surface area contributed by atoms with Crippen molar-refractivity contribution >= 4 is 0 Å². The molecule has 0 aromatic rings. The molecule has 2 rings (SSSR count). The topological polar surface area (TPSA) is 21.3 Å². The van der Waals surface area contributed by atoms with E-state index in [1.54, 1.807) is 0 Å². The maximum absolute atomic E-state index is 5.35. The molecule has 2 aliphatic rings. The van der Waals surface area contributed by atoms with E-state index in [9.17, 15) is 0 Å². The van der Waals surface area contributed by atoms with Crippen molar-refractivity contribution in [2.24, 2.45) is 11.8 Å². The minimum Gasteiger partial charge on any atom is -0.380 e. The molecular formula is C13H25NO. The number of hydrogen-bond donors (Lipinski definition) is 1. The van der Waals surface area contributed by atoms with Crippen molar-refractivity contribution in [3.05, 3.63) is 0 Å². The molecule has 0 bridgehead atoms. The molecule has 2 fully saturated rings. The molecule has 1 aliphatic carbocycles. The van der Waals surface area contributed by atoms with Gasteiger partial charge >= 0.3 is 0 Å². The maximum Gasteiger partial charge on any atom is 0.0620 e. The quantitative estimate of drug-likeness (QED) is 0.771. The molecule has 0 radical (unpaired) electrons. The Morgan fingerprint density at radius 3 is 2.93 bits per heavy atom. The predicted octanol–water partition coefficient (Wildman–Crippen LogP) is 2.58. The molecule has 1 heterocycles. The van der Waals surface area contributed by atoms with Crippen molar-refractivity contribution in [2.45, 2.75) is 51.5 Å². The first-order chi connectivity index (χ1) is 7.34. The zero-order valence-electron chi connectivity index (χ0n) is 10.0. The molecule has 3 unspecified atom stereocenters. The van der Waals surface area contributed by atoms with Crippen molar-refractivity contribution < 1.29 is 4.74 Å². The molecule has 2 heteroatoms. The first-order valence-electron chi connectivity index (χ1n) is 6.65. The van der Waals surface area contributed by atoms with Crippen molar-refractivity contribution in [2.75, 3.05) is 19.8 Å². The molecule has 1 saturated heterocycles. The number of nitrogens with one attached hydrogen (secondary N) is 1. The second-order valence-electron chi connectivity index (χ2n) is 5.44. The lowest BCUT2D eigenvalue weighted by molar-refractivity contribution is 0.189. The van der Waals surface area contributed by atoms with E-state index >= 15 is 0 Å². The summed E-state index contributed by atoms with van der Waals surface area (Å²) in [5.74, 6) is 1.96. The smallest absolute Gasteiger partial charge is 0.0620 e. The minimum absolute atomic E-state index is 0.644. The zero-order valence-corrected chi connectivity index (χ0v) is 10.0. The van der Waals surface area contributed by atoms with E-state index < -0.39 is 0 Å². The van der Waals surface area contributed by atoms with E-state index in [1.165, 1.54) is 45.1 Å². The standard InChI is InChI=1S/C13H25NO/c1-11-3-2-4-12(9-11)5-7-14-13-6-8-15-10-13/h11-14H,2-10H2,1H3. The largest absolute Gasteiger partial charge is 0.380 e. The first-order valence-corrected chi connectivity index (χ1v) is 6.65. The molecule has 1 N–H and O–H groups in total. The molecule has 0 aromatic carbocycles. The van der Waals surface area contributed by atoms with E-state index in [0.29, 0.717) is 6.04 Å². The van der Waals surface area contributed by atoms with E-state index in [4.69, 9.17) is 4.74 Å². The Morgan fingerprint density at radius 2 is 2.20 bits per heavy atom. The van der Waals surface area contributed by atoms with Crippen LogP contribution in [-0.2, 0) is 4.74 Å². The fraction of sp³-hybridized carbons (Fsp3) is 1.00. The van der Waals surface area contributed by atoms with Gasteiger partial charge in [-0.3, -0.25) is 0 Å². The van der Waals surface area contributed by atoms with Gasteiger partial charge in [-0.05, 0) is 37.6 Å². The highest BCUT2D eigenvalue weighted by molar-refractivity contribution is 4.74. The molecule has 1 saturated carbocycles. The van der Waals surface area contributed by atoms with Gasteiger partial charge in [-0.15, -0.1) is 0 Å². The molecule has 0 spiro atoms. The van der Waals surface area contributed by atoms with Gasteiger partial charge in [0, 0.05) is 12.6 Å². The summed E-state index contributed by atoms with van der Waals surface area (Å²) in [7, 11) is 0. The van der Waals surface area contributed by atoms with Gasteiger partial charge in [0.15, 0.2) is 0 Å². The van der Waals surface area contributed by atoms with Gasteiger partial charge in [0.05, 0.1) is 6.61 Å². The van der Waals surface area contributed by atoms with Crippen LogP contribution in [0.25, 0.3) is 0 Å². The minimum atomic E-state index is 0.644. The number of hydrogen-bond acceptors (Lipinski definition) is 2. The highest BCUT2D eigenvalue weighted by atomic mass is 16.5. The van der Waals surface area contributed by atoms with Gasteiger partial charge in [0.1, 0.15) is 0 Å². The normalized spacial score (nSPS) is 37.0. The van der Waals surface area contributed by atoms with Crippen molar-refractivity contribution in [3.63, 3.8) is 0 Å². The van der Waals surface area contributed by atoms with Crippen LogP contribution in [0.4, 0.5) is 0 Å². The van der Waals surface area contributed by atoms with Gasteiger partial charge in [-0.2, -0.15) is 0 Å². The number of rotatable bonds is 4. The predicted molar refractivity (Wildman–Crippen MR) is 63.0 cm³/mol. The van der Waals surface area contributed by atoms with Crippen LogP contribution in [-0.4, -0.2) is 25.8 Å². The highest BCUT2D eigenvalue weighted by Crippen LogP contribution is 2.30. The molecule has 15 heavy (non-hydrogen) atoms. The monoisotopic (exact) mass is 211 g/mol. The Bertz CT molecular complexity index is 177. The van der Waals surface area contributed by atoms with Crippen LogP contribution in [0.15, 0.2) is 0 Å². The fourth-order valence-electron chi connectivity index (χ4n) is 3.01. The van der Waals surface area contributed by atoms with Crippen LogP contribution in [0.2, 0.25) is 0 Å². The van der Waals surface area contributed by atoms with Gasteiger partial charge in [-0.1, -0.05) is 26.2 Å². The summed E-state index contributed by atoms with van der Waals surface area (Å²) in [6.07, 6.45) is 8.43. The SMILES string of the molecule is CC1CCCC(CCNC2CCOC2)C1. The molecule has 88 valence electrons. The van der Waals surface area contributed by atoms with Gasteiger partial charge in [0.2, 0.25) is 0 Å². The fourth-order valence-corrected chi connectivity index (χ4v) is 3.01. The van der Waals surface area contributed by atoms with E-state index in [1.807, 2.05) is 0 Å². The van der Waals surface area contributed by atoms with Crippen molar-refractivity contribution in [3.8, 4) is 0 Å². The average molecular weight is 211 g/mol. The molecular weight excluding hydrogens is 186 g/mol. The second kappa shape index (κ2) is 5.86. The Hall–Kier alpha value is -0.0800. The average Bonchev–Trinajstić information content (AvgIpc) is 2.71. The van der Waals surface area contributed by atoms with Crippen LogP contribution in [0, 0.1) is 11.8 Å². The lowest BCUT2D eigenvalue weighted by Crippen LogP contribution is -2.31. The Labute approximate surface area is 93.8 Å². The summed E-state index contributed by atoms with van der Waals surface area (Å²) in [6.45, 7) is 5.50. The lowest BCUT2D eigenvalue weighted by atomic mass is 9.81. The maximum atomic E-state index is 5.35. The summed E-state index contributed by atoms with van der Waals surface area (Å²) < 4.78 is 5.35. The summed E-state index contributed by atoms with van der Waals surface area (Å²) in [4.78, 5) is 0. The van der Waals surface area contributed by atoms with Gasteiger partial charge in [-0.25, -0.2) is 0 Å². The molecule has 1 aliphatic heterocycles. The van der Waals surface area contributed by atoms with E-state index in [0.717, 1.165) is 25.0 Å². The Morgan fingerprint density at radius 1 is 1.27 bits per heavy atom. The molecule has 3 atom stereocenters. The van der Waals surface area contributed by atoms with Gasteiger partial charge < -0.3 is 10.1 Å². The molecule has 0 amide bonds. The molecule has 0 aromatic heterocycles. The van der Waals surface area contributed by atoms with Crippen molar-refractivity contribution in [1.29, 1.82) is 0 Å². The summed E-state index contributed by atoms with van der Waals surface area (Å²) >= 11 is 0. The summed E-state index contributed by atoms with van der Waals surface area (Å²) in [5.41, 5.74) is 0. The van der Waals surface area contributed by atoms with Crippen LogP contribution in [0.5, 0.6) is 0 Å². The Balaban J connectivity index is 1.56. The number of ether oxygens (including phenoxy) is 1. The highest BCUT2D eigenvalue weighted by Gasteiger charge is 2.19. The zero-order chi connectivity index (χ0) is 10.5. The summed E-state index contributed by atoms with van der Waals surface area (Å²) in [5, 5.41) is 3.62. The third kappa shape index (κ3) is 3.76. The van der Waals surface area contributed by atoms with Gasteiger partial charge in [0.25, 0.3) is 0 Å². The van der Waals surface area contributed by atoms with Crippen LogP contribution in [0.3, 0.4) is 0 Å². The third-order valence-electron chi connectivity index (χ3n) is 3.96. The Kier molecular flexibility index (Phi) is 4.45. The first kappa shape index (κ1) is 11.4. The summed E-state index contributed by atoms with van der Waals surface area (Å²) in [6, 6.07) is 0.644. The third-order valence-corrected chi connectivity index (χ3v) is 3.96. The molecule has 2 nitrogen and oxygen atoms in total. The van der Waals surface area contributed by atoms with Crippen LogP contribution >= 0.6 is 0 Å². The van der Waals surface area contributed by atoms with Crippen LogP contribution in [0.1, 0.15) is 45.4 Å². The lowest BCUT2D eigenvalue weighted by Gasteiger charge is -2.27. The van der Waals surface area contributed by atoms with E-state index in [2.05, 4.69) is 12.2 Å².